The van der Waals surface area contributed by atoms with Crippen molar-refractivity contribution in [1.82, 2.24) is 4.90 Å². The SMILES string of the molecule is C=CCCC1=CC2CCCC(C1)N2C(=O)OCc1ccccc1. The summed E-state index contributed by atoms with van der Waals surface area (Å²) in [5, 5.41) is 0. The van der Waals surface area contributed by atoms with Gasteiger partial charge in [0, 0.05) is 6.04 Å². The number of ether oxygens (including phenoxy) is 1. The van der Waals surface area contributed by atoms with Crippen molar-refractivity contribution in [2.45, 2.75) is 57.2 Å². The molecule has 0 spiro atoms. The van der Waals surface area contributed by atoms with Crippen LogP contribution >= 0.6 is 0 Å². The molecule has 3 rings (SSSR count). The maximum absolute atomic E-state index is 12.6. The van der Waals surface area contributed by atoms with Crippen molar-refractivity contribution in [2.75, 3.05) is 0 Å². The summed E-state index contributed by atoms with van der Waals surface area (Å²) < 4.78 is 5.56. The van der Waals surface area contributed by atoms with Crippen LogP contribution in [0.3, 0.4) is 0 Å². The van der Waals surface area contributed by atoms with Crippen molar-refractivity contribution in [1.29, 1.82) is 0 Å². The zero-order valence-corrected chi connectivity index (χ0v) is 13.6. The molecule has 1 aromatic rings. The lowest BCUT2D eigenvalue weighted by molar-refractivity contribution is 0.0479. The first-order valence-corrected chi connectivity index (χ1v) is 8.57. The number of hydrogen-bond acceptors (Lipinski definition) is 2. The van der Waals surface area contributed by atoms with E-state index in [1.54, 1.807) is 0 Å². The van der Waals surface area contributed by atoms with Gasteiger partial charge in [-0.25, -0.2) is 4.79 Å². The van der Waals surface area contributed by atoms with E-state index in [0.29, 0.717) is 12.6 Å². The highest BCUT2D eigenvalue weighted by Crippen LogP contribution is 2.35. The van der Waals surface area contributed by atoms with E-state index < -0.39 is 0 Å². The predicted octanol–water partition coefficient (Wildman–Crippen LogP) is 4.84. The molecule has 122 valence electrons. The molecular weight excluding hydrogens is 286 g/mol. The van der Waals surface area contributed by atoms with Crippen LogP contribution in [0.5, 0.6) is 0 Å². The van der Waals surface area contributed by atoms with Crippen LogP contribution < -0.4 is 0 Å². The fourth-order valence-electron chi connectivity index (χ4n) is 3.67. The van der Waals surface area contributed by atoms with Crippen molar-refractivity contribution in [3.63, 3.8) is 0 Å². The molecule has 2 unspecified atom stereocenters. The monoisotopic (exact) mass is 311 g/mol. The van der Waals surface area contributed by atoms with Gasteiger partial charge in [-0.2, -0.15) is 0 Å². The first-order valence-electron chi connectivity index (χ1n) is 8.57. The molecule has 0 aromatic heterocycles. The van der Waals surface area contributed by atoms with Crippen LogP contribution in [0.25, 0.3) is 0 Å². The molecule has 3 heteroatoms. The van der Waals surface area contributed by atoms with Gasteiger partial charge in [0.25, 0.3) is 0 Å². The van der Waals surface area contributed by atoms with E-state index in [-0.39, 0.29) is 12.1 Å². The Bertz CT molecular complexity index is 579. The molecule has 2 atom stereocenters. The summed E-state index contributed by atoms with van der Waals surface area (Å²) in [5.41, 5.74) is 2.51. The number of fused-ring (bicyclic) bond motifs is 2. The summed E-state index contributed by atoms with van der Waals surface area (Å²) in [6.45, 7) is 4.15. The van der Waals surface area contributed by atoms with Gasteiger partial charge < -0.3 is 4.74 Å². The minimum atomic E-state index is -0.164. The quantitative estimate of drug-likeness (QED) is 0.728. The minimum Gasteiger partial charge on any atom is -0.445 e. The highest BCUT2D eigenvalue weighted by molar-refractivity contribution is 5.69. The number of rotatable bonds is 5. The summed E-state index contributed by atoms with van der Waals surface area (Å²) in [4.78, 5) is 14.5. The number of benzene rings is 1. The molecule has 0 radical (unpaired) electrons. The molecule has 0 N–H and O–H groups in total. The molecule has 2 heterocycles. The molecular formula is C20H25NO2. The van der Waals surface area contributed by atoms with E-state index in [1.807, 2.05) is 41.3 Å². The van der Waals surface area contributed by atoms with Crippen molar-refractivity contribution >= 4 is 6.09 Å². The van der Waals surface area contributed by atoms with Crippen LogP contribution in [0.2, 0.25) is 0 Å². The highest BCUT2D eigenvalue weighted by Gasteiger charge is 2.37. The molecule has 1 fully saturated rings. The van der Waals surface area contributed by atoms with E-state index >= 15 is 0 Å². The second kappa shape index (κ2) is 7.49. The molecule has 0 aliphatic carbocycles. The molecule has 1 saturated heterocycles. The average molecular weight is 311 g/mol. The zero-order valence-electron chi connectivity index (χ0n) is 13.6. The molecule has 23 heavy (non-hydrogen) atoms. The van der Waals surface area contributed by atoms with E-state index in [4.69, 9.17) is 4.74 Å². The van der Waals surface area contributed by atoms with Gasteiger partial charge in [0.15, 0.2) is 0 Å². The number of hydrogen-bond donors (Lipinski definition) is 0. The van der Waals surface area contributed by atoms with Gasteiger partial charge in [-0.3, -0.25) is 4.90 Å². The molecule has 2 bridgehead atoms. The average Bonchev–Trinajstić information content (AvgIpc) is 2.58. The Hall–Kier alpha value is -2.03. The molecule has 1 amide bonds. The third kappa shape index (κ3) is 3.84. The van der Waals surface area contributed by atoms with Gasteiger partial charge in [-0.05, 0) is 44.1 Å². The van der Waals surface area contributed by atoms with Crippen molar-refractivity contribution in [2.24, 2.45) is 0 Å². The summed E-state index contributed by atoms with van der Waals surface area (Å²) in [6.07, 6.45) is 10.5. The smallest absolute Gasteiger partial charge is 0.410 e. The lowest BCUT2D eigenvalue weighted by atomic mass is 9.84. The van der Waals surface area contributed by atoms with Crippen LogP contribution in [0, 0.1) is 0 Å². The van der Waals surface area contributed by atoms with E-state index in [9.17, 15) is 4.79 Å². The fourth-order valence-corrected chi connectivity index (χ4v) is 3.67. The summed E-state index contributed by atoms with van der Waals surface area (Å²) in [6, 6.07) is 10.4. The second-order valence-electron chi connectivity index (χ2n) is 6.46. The maximum Gasteiger partial charge on any atom is 0.410 e. The lowest BCUT2D eigenvalue weighted by Gasteiger charge is -2.44. The number of amides is 1. The Morgan fingerprint density at radius 1 is 1.30 bits per heavy atom. The zero-order chi connectivity index (χ0) is 16.1. The fraction of sp³-hybridized carbons (Fsp3) is 0.450. The van der Waals surface area contributed by atoms with Gasteiger partial charge in [-0.15, -0.1) is 6.58 Å². The predicted molar refractivity (Wildman–Crippen MR) is 92.0 cm³/mol. The standard InChI is InChI=1S/C20H25NO2/c1-2-3-8-17-13-18-11-7-12-19(14-17)21(18)20(22)23-15-16-9-5-4-6-10-16/h2,4-6,9-10,13,18-19H,1,3,7-8,11-12,14-15H2. The summed E-state index contributed by atoms with van der Waals surface area (Å²) in [5.74, 6) is 0. The minimum absolute atomic E-state index is 0.164. The van der Waals surface area contributed by atoms with Gasteiger partial charge in [0.1, 0.15) is 6.61 Å². The van der Waals surface area contributed by atoms with Gasteiger partial charge >= 0.3 is 6.09 Å². The Morgan fingerprint density at radius 2 is 2.13 bits per heavy atom. The van der Waals surface area contributed by atoms with Crippen molar-refractivity contribution in [3.05, 3.63) is 60.2 Å². The van der Waals surface area contributed by atoms with Crippen molar-refractivity contribution in [3.8, 4) is 0 Å². The van der Waals surface area contributed by atoms with E-state index in [0.717, 1.165) is 37.7 Å². The first-order chi connectivity index (χ1) is 11.3. The van der Waals surface area contributed by atoms with E-state index in [2.05, 4.69) is 12.7 Å². The maximum atomic E-state index is 12.6. The first kappa shape index (κ1) is 15.9. The number of carbonyl (C=O) groups excluding carboxylic acids is 1. The molecule has 2 aliphatic heterocycles. The highest BCUT2D eigenvalue weighted by atomic mass is 16.6. The Labute approximate surface area is 138 Å². The Morgan fingerprint density at radius 3 is 2.87 bits per heavy atom. The third-order valence-corrected chi connectivity index (χ3v) is 4.80. The lowest BCUT2D eigenvalue weighted by Crippen LogP contribution is -2.51. The number of carbonyl (C=O) groups is 1. The molecule has 2 aliphatic rings. The largest absolute Gasteiger partial charge is 0.445 e. The number of allylic oxidation sites excluding steroid dienone is 1. The van der Waals surface area contributed by atoms with Crippen LogP contribution in [-0.4, -0.2) is 23.1 Å². The summed E-state index contributed by atoms with van der Waals surface area (Å²) in [7, 11) is 0. The molecule has 3 nitrogen and oxygen atoms in total. The van der Waals surface area contributed by atoms with Crippen LogP contribution in [0.1, 0.15) is 44.1 Å². The van der Waals surface area contributed by atoms with E-state index in [1.165, 1.54) is 12.0 Å². The van der Waals surface area contributed by atoms with Crippen LogP contribution in [0.4, 0.5) is 4.79 Å². The summed E-state index contributed by atoms with van der Waals surface area (Å²) >= 11 is 0. The Balaban J connectivity index is 1.63. The number of nitrogens with zero attached hydrogens (tertiary/aromatic N) is 1. The van der Waals surface area contributed by atoms with Crippen molar-refractivity contribution < 1.29 is 9.53 Å². The molecule has 0 saturated carbocycles. The normalized spacial score (nSPS) is 23.1. The van der Waals surface area contributed by atoms with Gasteiger partial charge in [0.2, 0.25) is 0 Å². The molecule has 1 aromatic carbocycles. The van der Waals surface area contributed by atoms with Gasteiger partial charge in [0.05, 0.1) is 6.04 Å². The Kier molecular flexibility index (Phi) is 5.16. The second-order valence-corrected chi connectivity index (χ2v) is 6.46. The number of piperidine rings is 1. The van der Waals surface area contributed by atoms with Gasteiger partial charge in [-0.1, -0.05) is 48.1 Å². The topological polar surface area (TPSA) is 29.5 Å². The van der Waals surface area contributed by atoms with Crippen LogP contribution in [0.15, 0.2) is 54.6 Å². The van der Waals surface area contributed by atoms with Crippen LogP contribution in [-0.2, 0) is 11.3 Å². The third-order valence-electron chi connectivity index (χ3n) is 4.80.